The number of Topliss-reactive ketones (excluding diaryl/α,β-unsaturated/α-hetero) is 1. The highest BCUT2D eigenvalue weighted by Crippen LogP contribution is 2.72. The molecule has 0 spiro atoms. The number of hydrogen-bond acceptors (Lipinski definition) is 7. The van der Waals surface area contributed by atoms with Crippen LogP contribution in [-0.2, 0) is 25.5 Å². The highest BCUT2D eigenvalue weighted by molar-refractivity contribution is 6.01. The summed E-state index contributed by atoms with van der Waals surface area (Å²) in [7, 11) is 2.07. The molecule has 0 bridgehead atoms. The number of benzene rings is 2. The Kier molecular flexibility index (Phi) is 8.87. The first-order valence-electron chi connectivity index (χ1n) is 17.0. The van der Waals surface area contributed by atoms with E-state index in [1.165, 1.54) is 17.7 Å². The largest absolute Gasteiger partial charge is 0.390 e. The second kappa shape index (κ2) is 12.2. The molecule has 0 aromatic heterocycles. The predicted octanol–water partition coefficient (Wildman–Crippen LogP) is 6.40. The van der Waals surface area contributed by atoms with E-state index in [0.717, 1.165) is 23.7 Å². The van der Waals surface area contributed by atoms with Crippen LogP contribution in [0.1, 0.15) is 77.4 Å². The summed E-state index contributed by atoms with van der Waals surface area (Å²) >= 11 is 0. The van der Waals surface area contributed by atoms with E-state index >= 15 is 8.78 Å². The highest BCUT2D eigenvalue weighted by Gasteiger charge is 2.80. The summed E-state index contributed by atoms with van der Waals surface area (Å²) in [6, 6.07) is 16.7. The molecule has 3 saturated carbocycles. The zero-order valence-corrected chi connectivity index (χ0v) is 28.2. The van der Waals surface area contributed by atoms with Crippen LogP contribution in [0, 0.1) is 22.7 Å². The molecule has 2 aromatic carbocycles. The lowest BCUT2D eigenvalue weighted by Crippen LogP contribution is -2.70. The number of alkyl halides is 2. The van der Waals surface area contributed by atoms with Gasteiger partial charge in [-0.25, -0.2) is 8.78 Å². The normalized spacial score (nSPS) is 39.0. The van der Waals surface area contributed by atoms with Gasteiger partial charge in [0.2, 0.25) is 0 Å². The standard InChI is InChI=1S/C39H45F2NO6.CH4/c1-22(2)42(5)26-12-8-24(9-13-26)16-23-6-10-25(11-7-23)35-47-34-19-28-29-18-31(40)30-17-27(44)14-15-36(30,3)38(29,41)32(45)20-37(28,4)39(34,48-35)33(46)21-43;/h6-15,17,22,28-29,31-32,34-35,43,45H,16,18-21H2,1-5H3;1H4/t28-,29-,31-,32-,34+,35+,36-,37-,38-,39+;/m0./s1. The fourth-order valence-electron chi connectivity index (χ4n) is 9.89. The van der Waals surface area contributed by atoms with E-state index in [4.69, 9.17) is 9.47 Å². The fourth-order valence-corrected chi connectivity index (χ4v) is 9.89. The summed E-state index contributed by atoms with van der Waals surface area (Å²) in [5, 5.41) is 21.9. The van der Waals surface area contributed by atoms with Crippen LogP contribution in [-0.4, -0.2) is 71.1 Å². The molecule has 0 unspecified atom stereocenters. The molecule has 5 aliphatic rings. The van der Waals surface area contributed by atoms with Gasteiger partial charge in [-0.05, 0) is 93.4 Å². The molecule has 4 aliphatic carbocycles. The van der Waals surface area contributed by atoms with Crippen LogP contribution in [0.15, 0.2) is 72.3 Å². The number of hydrogen-bond donors (Lipinski definition) is 2. The predicted molar refractivity (Wildman–Crippen MR) is 183 cm³/mol. The number of allylic oxidation sites excluding steroid dienone is 4. The van der Waals surface area contributed by atoms with Gasteiger partial charge in [0, 0.05) is 41.1 Å². The van der Waals surface area contributed by atoms with Crippen molar-refractivity contribution in [1.82, 2.24) is 0 Å². The number of aliphatic hydroxyl groups is 2. The Balaban J connectivity index is 0.00000417. The van der Waals surface area contributed by atoms with Crippen molar-refractivity contribution in [2.75, 3.05) is 18.6 Å². The number of fused-ring (bicyclic) bond motifs is 7. The lowest BCUT2D eigenvalue weighted by molar-refractivity contribution is -0.235. The van der Waals surface area contributed by atoms with E-state index in [2.05, 4.69) is 50.1 Å². The molecule has 1 aliphatic heterocycles. The van der Waals surface area contributed by atoms with Gasteiger partial charge >= 0.3 is 0 Å². The topological polar surface area (TPSA) is 96.3 Å². The van der Waals surface area contributed by atoms with Crippen LogP contribution in [0.2, 0.25) is 0 Å². The minimum atomic E-state index is -2.29. The molecule has 2 aromatic rings. The van der Waals surface area contributed by atoms with E-state index in [-0.39, 0.29) is 32.3 Å². The molecule has 4 fully saturated rings. The van der Waals surface area contributed by atoms with Crippen molar-refractivity contribution in [1.29, 1.82) is 0 Å². The fraction of sp³-hybridized carbons (Fsp3) is 0.550. The number of ether oxygens (including phenoxy) is 2. The van der Waals surface area contributed by atoms with E-state index in [1.54, 1.807) is 13.8 Å². The number of anilines is 1. The summed E-state index contributed by atoms with van der Waals surface area (Å²) in [6.45, 7) is 6.81. The quantitative estimate of drug-likeness (QED) is 0.350. The minimum absolute atomic E-state index is 0. The van der Waals surface area contributed by atoms with E-state index < -0.39 is 76.8 Å². The molecule has 1 saturated heterocycles. The lowest BCUT2D eigenvalue weighted by atomic mass is 9.44. The number of rotatable bonds is 7. The van der Waals surface area contributed by atoms with Crippen molar-refractivity contribution >= 4 is 17.3 Å². The maximum Gasteiger partial charge on any atom is 0.193 e. The Labute approximate surface area is 288 Å². The number of nitrogens with zero attached hydrogens (tertiary/aromatic N) is 1. The minimum Gasteiger partial charge on any atom is -0.390 e. The smallest absolute Gasteiger partial charge is 0.193 e. The van der Waals surface area contributed by atoms with Gasteiger partial charge in [-0.1, -0.05) is 56.8 Å². The molecule has 9 heteroatoms. The summed E-state index contributed by atoms with van der Waals surface area (Å²) in [5.41, 5.74) is -2.49. The van der Waals surface area contributed by atoms with Crippen LogP contribution in [0.25, 0.3) is 0 Å². The highest BCUT2D eigenvalue weighted by atomic mass is 19.1. The van der Waals surface area contributed by atoms with Crippen LogP contribution >= 0.6 is 0 Å². The summed E-state index contributed by atoms with van der Waals surface area (Å²) < 4.78 is 46.5. The molecular weight excluding hydrogens is 628 g/mol. The molecule has 49 heavy (non-hydrogen) atoms. The summed E-state index contributed by atoms with van der Waals surface area (Å²) in [5.74, 6) is -2.58. The Morgan fingerprint density at radius 2 is 1.67 bits per heavy atom. The second-order valence-electron chi connectivity index (χ2n) is 15.3. The van der Waals surface area contributed by atoms with Crippen molar-refractivity contribution in [3.05, 3.63) is 89.0 Å². The Bertz CT molecular complexity index is 1670. The van der Waals surface area contributed by atoms with Gasteiger partial charge in [0.05, 0.1) is 12.2 Å². The van der Waals surface area contributed by atoms with Gasteiger partial charge in [0.25, 0.3) is 0 Å². The van der Waals surface area contributed by atoms with Gasteiger partial charge in [-0.2, -0.15) is 0 Å². The number of carbonyl (C=O) groups is 2. The monoisotopic (exact) mass is 677 g/mol. The zero-order valence-electron chi connectivity index (χ0n) is 28.2. The van der Waals surface area contributed by atoms with Crippen molar-refractivity contribution in [2.45, 2.75) is 103 Å². The van der Waals surface area contributed by atoms with Gasteiger partial charge in [0.15, 0.2) is 29.1 Å². The molecule has 0 amide bonds. The van der Waals surface area contributed by atoms with Crippen molar-refractivity contribution < 1.29 is 38.1 Å². The van der Waals surface area contributed by atoms with Gasteiger partial charge < -0.3 is 24.6 Å². The Morgan fingerprint density at radius 3 is 2.29 bits per heavy atom. The van der Waals surface area contributed by atoms with Crippen molar-refractivity contribution in [2.24, 2.45) is 22.7 Å². The lowest BCUT2D eigenvalue weighted by Gasteiger charge is -2.63. The number of carbonyl (C=O) groups excluding carboxylic acids is 2. The third-order valence-electron chi connectivity index (χ3n) is 12.7. The van der Waals surface area contributed by atoms with Crippen molar-refractivity contribution in [3.8, 4) is 0 Å². The van der Waals surface area contributed by atoms with Gasteiger partial charge in [-0.15, -0.1) is 0 Å². The zero-order chi connectivity index (χ0) is 34.4. The molecular formula is C40H49F2NO6. The van der Waals surface area contributed by atoms with Crippen LogP contribution in [0.5, 0.6) is 0 Å². The van der Waals surface area contributed by atoms with Crippen LogP contribution in [0.4, 0.5) is 14.5 Å². The Morgan fingerprint density at radius 1 is 1.04 bits per heavy atom. The first-order valence-corrected chi connectivity index (χ1v) is 17.0. The van der Waals surface area contributed by atoms with Crippen LogP contribution < -0.4 is 4.90 Å². The summed E-state index contributed by atoms with van der Waals surface area (Å²) in [4.78, 5) is 28.2. The first kappa shape index (κ1) is 35.6. The van der Waals surface area contributed by atoms with E-state index in [9.17, 15) is 19.8 Å². The van der Waals surface area contributed by atoms with Crippen molar-refractivity contribution in [3.63, 3.8) is 0 Å². The van der Waals surface area contributed by atoms with E-state index in [1.807, 2.05) is 24.3 Å². The SMILES string of the molecule is C.CC(C)N(C)c1ccc(Cc2ccc([C@@H]3O[C@@H]4C[C@H]5[C@@H]6C[C@H](F)C7=CC(=O)C=C[C@]7(C)[C@@]6(F)[C@@H](O)C[C@]5(C)[C@]4(C(=O)CO)O3)cc2)cc1. The number of aliphatic hydroxyl groups excluding tert-OH is 2. The third-order valence-corrected chi connectivity index (χ3v) is 12.7. The van der Waals surface area contributed by atoms with Crippen LogP contribution in [0.3, 0.4) is 0 Å². The maximum atomic E-state index is 17.6. The third kappa shape index (κ3) is 4.94. The average Bonchev–Trinajstić information content (AvgIpc) is 3.56. The van der Waals surface area contributed by atoms with E-state index in [0.29, 0.717) is 11.6 Å². The molecule has 10 atom stereocenters. The average molecular weight is 678 g/mol. The molecule has 2 N–H and O–H groups in total. The Hall–Kier alpha value is -3.24. The first-order chi connectivity index (χ1) is 22.7. The molecule has 7 nitrogen and oxygen atoms in total. The second-order valence-corrected chi connectivity index (χ2v) is 15.3. The molecule has 7 rings (SSSR count). The molecule has 1 heterocycles. The summed E-state index contributed by atoms with van der Waals surface area (Å²) in [6.07, 6.45) is -0.609. The number of ketones is 2. The maximum absolute atomic E-state index is 17.6. The number of halogens is 2. The molecule has 264 valence electrons. The van der Waals surface area contributed by atoms with Gasteiger partial charge in [0.1, 0.15) is 12.8 Å². The molecule has 0 radical (unpaired) electrons. The van der Waals surface area contributed by atoms with Gasteiger partial charge in [-0.3, -0.25) is 9.59 Å².